The van der Waals surface area contributed by atoms with E-state index >= 15 is 0 Å². The Morgan fingerprint density at radius 1 is 0.870 bits per heavy atom. The van der Waals surface area contributed by atoms with Crippen LogP contribution in [0.15, 0.2) is 60.7 Å². The summed E-state index contributed by atoms with van der Waals surface area (Å²) in [4.78, 5) is 0. The Bertz CT molecular complexity index is 756. The third-order valence-corrected chi connectivity index (χ3v) is 8.89. The topological polar surface area (TPSA) is 64.7 Å². The molecule has 2 aromatic carbocycles. The Morgan fingerprint density at radius 2 is 1.30 bits per heavy atom. The zero-order chi connectivity index (χ0) is 16.3. The molecule has 1 aliphatic rings. The minimum absolute atomic E-state index is 0.653. The van der Waals surface area contributed by atoms with Crippen LogP contribution >= 0.6 is 7.14 Å². The minimum Gasteiger partial charge on any atom is -0.313 e. The van der Waals surface area contributed by atoms with E-state index in [-0.39, 0.29) is 0 Å². The SMILES string of the molecule is N#CC(C#N)C1(P(=O)(c2ccccc2)c2ccccc2)CCC1. The maximum absolute atomic E-state index is 14.4. The molecule has 0 radical (unpaired) electrons. The molecule has 0 atom stereocenters. The summed E-state index contributed by atoms with van der Waals surface area (Å²) in [7, 11) is -3.09. The van der Waals surface area contributed by atoms with Crippen molar-refractivity contribution in [3.8, 4) is 12.1 Å². The number of hydrogen-bond acceptors (Lipinski definition) is 3. The molecule has 0 aromatic heterocycles. The fraction of sp³-hybridized carbons (Fsp3) is 0.263. The number of nitrogens with zero attached hydrogens (tertiary/aromatic N) is 2. The summed E-state index contributed by atoms with van der Waals surface area (Å²) in [6.07, 6.45) is 2.21. The number of hydrogen-bond donors (Lipinski definition) is 0. The molecule has 0 aliphatic heterocycles. The van der Waals surface area contributed by atoms with Crippen LogP contribution in [0.5, 0.6) is 0 Å². The van der Waals surface area contributed by atoms with Crippen LogP contribution in [0, 0.1) is 28.6 Å². The summed E-state index contributed by atoms with van der Waals surface area (Å²) in [5.41, 5.74) is 0. The molecule has 4 heteroatoms. The van der Waals surface area contributed by atoms with Crippen LogP contribution in [0.25, 0.3) is 0 Å². The molecule has 1 fully saturated rings. The van der Waals surface area contributed by atoms with Gasteiger partial charge in [0, 0.05) is 10.6 Å². The first-order valence-electron chi connectivity index (χ1n) is 7.70. The molecule has 0 heterocycles. The molecule has 0 amide bonds. The highest BCUT2D eigenvalue weighted by Crippen LogP contribution is 2.67. The summed E-state index contributed by atoms with van der Waals surface area (Å²) in [5.74, 6) is -0.859. The third kappa shape index (κ3) is 2.21. The summed E-state index contributed by atoms with van der Waals surface area (Å²) in [6, 6.07) is 22.9. The second-order valence-corrected chi connectivity index (χ2v) is 9.07. The maximum atomic E-state index is 14.4. The molecule has 23 heavy (non-hydrogen) atoms. The van der Waals surface area contributed by atoms with Crippen molar-refractivity contribution in [1.29, 1.82) is 10.5 Å². The Morgan fingerprint density at radius 3 is 1.61 bits per heavy atom. The first-order chi connectivity index (χ1) is 11.2. The van der Waals surface area contributed by atoms with Crippen LogP contribution in [-0.2, 0) is 4.57 Å². The molecular formula is C19H17N2OP. The van der Waals surface area contributed by atoms with E-state index in [1.165, 1.54) is 0 Å². The van der Waals surface area contributed by atoms with Crippen LogP contribution in [0.2, 0.25) is 0 Å². The molecule has 0 spiro atoms. The number of nitriles is 2. The van der Waals surface area contributed by atoms with Gasteiger partial charge in [-0.2, -0.15) is 10.5 Å². The predicted molar refractivity (Wildman–Crippen MR) is 91.1 cm³/mol. The van der Waals surface area contributed by atoms with Crippen molar-refractivity contribution in [3.05, 3.63) is 60.7 Å². The lowest BCUT2D eigenvalue weighted by Crippen LogP contribution is -2.48. The van der Waals surface area contributed by atoms with E-state index in [1.807, 2.05) is 60.7 Å². The normalized spacial score (nSPS) is 16.1. The number of rotatable bonds is 4. The van der Waals surface area contributed by atoms with E-state index < -0.39 is 18.2 Å². The minimum atomic E-state index is -3.09. The average molecular weight is 320 g/mol. The summed E-state index contributed by atoms with van der Waals surface area (Å²) >= 11 is 0. The van der Waals surface area contributed by atoms with Crippen molar-refractivity contribution >= 4 is 17.8 Å². The smallest absolute Gasteiger partial charge is 0.151 e. The van der Waals surface area contributed by atoms with Gasteiger partial charge in [0.1, 0.15) is 5.92 Å². The molecular weight excluding hydrogens is 303 g/mol. The Kier molecular flexibility index (Phi) is 4.08. The fourth-order valence-corrected chi connectivity index (χ4v) is 7.47. The van der Waals surface area contributed by atoms with Gasteiger partial charge in [0.2, 0.25) is 0 Å². The lowest BCUT2D eigenvalue weighted by molar-refractivity contribution is 0.308. The molecule has 1 aliphatic carbocycles. The first-order valence-corrected chi connectivity index (χ1v) is 9.40. The van der Waals surface area contributed by atoms with Gasteiger partial charge in [-0.1, -0.05) is 67.1 Å². The fourth-order valence-electron chi connectivity index (χ4n) is 3.53. The Labute approximate surface area is 136 Å². The predicted octanol–water partition coefficient (Wildman–Crippen LogP) is 3.59. The lowest BCUT2D eigenvalue weighted by atomic mass is 9.76. The van der Waals surface area contributed by atoms with Crippen molar-refractivity contribution in [2.24, 2.45) is 5.92 Å². The highest BCUT2D eigenvalue weighted by Gasteiger charge is 2.58. The van der Waals surface area contributed by atoms with Crippen molar-refractivity contribution in [3.63, 3.8) is 0 Å². The van der Waals surface area contributed by atoms with Crippen LogP contribution in [0.1, 0.15) is 19.3 Å². The quantitative estimate of drug-likeness (QED) is 0.809. The van der Waals surface area contributed by atoms with Gasteiger partial charge in [0.25, 0.3) is 0 Å². The zero-order valence-electron chi connectivity index (χ0n) is 12.7. The van der Waals surface area contributed by atoms with Gasteiger partial charge in [-0.25, -0.2) is 0 Å². The Balaban J connectivity index is 2.28. The van der Waals surface area contributed by atoms with E-state index in [4.69, 9.17) is 0 Å². The molecule has 0 bridgehead atoms. The van der Waals surface area contributed by atoms with Crippen molar-refractivity contribution in [2.45, 2.75) is 24.4 Å². The molecule has 0 saturated heterocycles. The summed E-state index contributed by atoms with van der Waals surface area (Å²) in [5, 5.41) is 19.7. The van der Waals surface area contributed by atoms with Gasteiger partial charge in [-0.3, -0.25) is 0 Å². The molecule has 3 nitrogen and oxygen atoms in total. The van der Waals surface area contributed by atoms with Gasteiger partial charge in [-0.15, -0.1) is 0 Å². The van der Waals surface area contributed by atoms with Crippen LogP contribution in [0.3, 0.4) is 0 Å². The average Bonchev–Trinajstić information content (AvgIpc) is 2.59. The zero-order valence-corrected chi connectivity index (χ0v) is 13.6. The highest BCUT2D eigenvalue weighted by atomic mass is 31.2. The molecule has 3 rings (SSSR count). The standard InChI is InChI=1S/C19H17N2OP/c20-14-16(15-21)19(12-7-13-19)23(22,17-8-3-1-4-9-17)18-10-5-2-6-11-18/h1-6,8-11,16H,7,12-13H2. The third-order valence-electron chi connectivity index (χ3n) is 4.88. The van der Waals surface area contributed by atoms with E-state index in [2.05, 4.69) is 12.1 Å². The second-order valence-electron chi connectivity index (χ2n) is 5.93. The first kappa shape index (κ1) is 15.5. The van der Waals surface area contributed by atoms with E-state index in [9.17, 15) is 15.1 Å². The van der Waals surface area contributed by atoms with Gasteiger partial charge in [0.05, 0.1) is 17.3 Å². The van der Waals surface area contributed by atoms with Crippen molar-refractivity contribution in [2.75, 3.05) is 0 Å². The van der Waals surface area contributed by atoms with Gasteiger partial charge >= 0.3 is 0 Å². The van der Waals surface area contributed by atoms with Gasteiger partial charge < -0.3 is 4.57 Å². The van der Waals surface area contributed by atoms with E-state index in [1.54, 1.807) is 0 Å². The number of benzene rings is 2. The largest absolute Gasteiger partial charge is 0.313 e. The lowest BCUT2D eigenvalue weighted by Gasteiger charge is -2.48. The molecule has 114 valence electrons. The Hall–Kier alpha value is -2.35. The van der Waals surface area contributed by atoms with Crippen molar-refractivity contribution in [1.82, 2.24) is 0 Å². The highest BCUT2D eigenvalue weighted by molar-refractivity contribution is 7.80. The monoisotopic (exact) mass is 320 g/mol. The second kappa shape index (κ2) is 6.04. The molecule has 0 unspecified atom stereocenters. The maximum Gasteiger partial charge on any atom is 0.151 e. The van der Waals surface area contributed by atoms with E-state index in [0.29, 0.717) is 12.8 Å². The van der Waals surface area contributed by atoms with Crippen LogP contribution < -0.4 is 10.6 Å². The van der Waals surface area contributed by atoms with Gasteiger partial charge in [0.15, 0.2) is 7.14 Å². The van der Waals surface area contributed by atoms with E-state index in [0.717, 1.165) is 17.0 Å². The molecule has 1 saturated carbocycles. The van der Waals surface area contributed by atoms with Gasteiger partial charge in [-0.05, 0) is 12.8 Å². The van der Waals surface area contributed by atoms with Crippen LogP contribution in [-0.4, -0.2) is 5.16 Å². The summed E-state index contributed by atoms with van der Waals surface area (Å²) < 4.78 is 14.4. The van der Waals surface area contributed by atoms with Crippen molar-refractivity contribution < 1.29 is 4.57 Å². The van der Waals surface area contributed by atoms with Crippen LogP contribution in [0.4, 0.5) is 0 Å². The molecule has 2 aromatic rings. The summed E-state index contributed by atoms with van der Waals surface area (Å²) in [6.45, 7) is 0. The molecule has 0 N–H and O–H groups in total.